The van der Waals surface area contributed by atoms with E-state index in [0.29, 0.717) is 0 Å². The molecule has 0 heteroatoms. The molecule has 1 aliphatic rings. The van der Waals surface area contributed by atoms with Crippen LogP contribution in [-0.2, 0) is 0 Å². The molecule has 0 unspecified atom stereocenters. The van der Waals surface area contributed by atoms with Gasteiger partial charge in [-0.25, -0.2) is 0 Å². The molecule has 0 aromatic heterocycles. The minimum atomic E-state index is 0.833. The van der Waals surface area contributed by atoms with Crippen molar-refractivity contribution in [3.8, 4) is 0 Å². The quantitative estimate of drug-likeness (QED) is 0.418. The minimum absolute atomic E-state index is 0.833. The highest BCUT2D eigenvalue weighted by Crippen LogP contribution is 2.14. The van der Waals surface area contributed by atoms with Crippen LogP contribution in [0.25, 0.3) is 0 Å². The highest BCUT2D eigenvalue weighted by Gasteiger charge is 1.95. The van der Waals surface area contributed by atoms with Crippen LogP contribution < -0.4 is 0 Å². The fourth-order valence-electron chi connectivity index (χ4n) is 0. The third-order valence-corrected chi connectivity index (χ3v) is 0.354. The molecular formula is C15H34. The van der Waals surface area contributed by atoms with Gasteiger partial charge in [-0.1, -0.05) is 66.4 Å². The standard InChI is InChI=1S/C4H10.C3H6.C3H8.C3H6.C2H4/c1-4(2)3;1-2-3-1;2*1-3-2;1-2/h4H,1-3H3;1-3H2;3H2,1-2H3;3H,1H2,2H3;1-2H2. The largest absolute Gasteiger partial charge is 0.106 e. The van der Waals surface area contributed by atoms with Gasteiger partial charge in [-0.2, -0.15) is 0 Å². The first-order valence-corrected chi connectivity index (χ1v) is 6.13. The second-order valence-electron chi connectivity index (χ2n) is 3.91. The summed E-state index contributed by atoms with van der Waals surface area (Å²) >= 11 is 0. The van der Waals surface area contributed by atoms with Gasteiger partial charge in [0.05, 0.1) is 0 Å². The van der Waals surface area contributed by atoms with Crippen molar-refractivity contribution >= 4 is 0 Å². The monoisotopic (exact) mass is 214 g/mol. The molecule has 94 valence electrons. The van der Waals surface area contributed by atoms with E-state index >= 15 is 0 Å². The molecule has 15 heavy (non-hydrogen) atoms. The third-order valence-electron chi connectivity index (χ3n) is 0.354. The van der Waals surface area contributed by atoms with E-state index in [0.717, 1.165) is 5.92 Å². The maximum Gasteiger partial charge on any atom is -0.0473 e. The maximum absolute atomic E-state index is 3.36. The predicted octanol–water partition coefficient (Wildman–Crippen LogP) is 6.24. The molecule has 0 aliphatic heterocycles. The third kappa shape index (κ3) is 7710. The molecule has 0 heterocycles. The van der Waals surface area contributed by atoms with Gasteiger partial charge in [0.1, 0.15) is 0 Å². The Hall–Kier alpha value is -0.520. The minimum Gasteiger partial charge on any atom is -0.106 e. The van der Waals surface area contributed by atoms with Crippen LogP contribution in [-0.4, -0.2) is 0 Å². The maximum atomic E-state index is 3.36. The van der Waals surface area contributed by atoms with E-state index in [4.69, 9.17) is 0 Å². The Bertz CT molecular complexity index is 64.6. The van der Waals surface area contributed by atoms with E-state index in [9.17, 15) is 0 Å². The molecule has 1 aliphatic carbocycles. The summed E-state index contributed by atoms with van der Waals surface area (Å²) in [5.74, 6) is 0.833. The zero-order chi connectivity index (χ0) is 13.1. The Morgan fingerprint density at radius 3 is 1.07 bits per heavy atom. The normalized spacial score (nSPS) is 9.53. The topological polar surface area (TPSA) is 0 Å². The van der Waals surface area contributed by atoms with E-state index in [1.165, 1.54) is 25.7 Å². The fraction of sp³-hybridized carbons (Fsp3) is 0.733. The van der Waals surface area contributed by atoms with Crippen molar-refractivity contribution in [3.63, 3.8) is 0 Å². The zero-order valence-corrected chi connectivity index (χ0v) is 12.1. The molecule has 0 saturated heterocycles. The van der Waals surface area contributed by atoms with Gasteiger partial charge in [0.25, 0.3) is 0 Å². The summed E-state index contributed by atoms with van der Waals surface area (Å²) in [4.78, 5) is 0. The number of hydrogen-bond donors (Lipinski definition) is 0. The summed E-state index contributed by atoms with van der Waals surface area (Å²) in [5.41, 5.74) is 0. The Kier molecular flexibility index (Phi) is 59.9. The highest BCUT2D eigenvalue weighted by molar-refractivity contribution is 4.51. The lowest BCUT2D eigenvalue weighted by Crippen LogP contribution is -1.66. The van der Waals surface area contributed by atoms with Crippen LogP contribution >= 0.6 is 0 Å². The molecule has 0 aromatic rings. The lowest BCUT2D eigenvalue weighted by atomic mass is 10.3. The molecular weight excluding hydrogens is 180 g/mol. The Labute approximate surface area is 99.5 Å². The first kappa shape index (κ1) is 24.0. The molecule has 0 spiro atoms. The van der Waals surface area contributed by atoms with Crippen LogP contribution in [0.2, 0.25) is 0 Å². The molecule has 0 amide bonds. The van der Waals surface area contributed by atoms with E-state index < -0.39 is 0 Å². The van der Waals surface area contributed by atoms with Crippen molar-refractivity contribution in [3.05, 3.63) is 25.8 Å². The van der Waals surface area contributed by atoms with Gasteiger partial charge < -0.3 is 0 Å². The zero-order valence-electron chi connectivity index (χ0n) is 12.1. The van der Waals surface area contributed by atoms with Crippen molar-refractivity contribution in [2.45, 2.75) is 67.2 Å². The highest BCUT2D eigenvalue weighted by atomic mass is 14.0. The van der Waals surface area contributed by atoms with Crippen molar-refractivity contribution in [2.75, 3.05) is 0 Å². The van der Waals surface area contributed by atoms with Crippen LogP contribution in [0, 0.1) is 5.92 Å². The van der Waals surface area contributed by atoms with Gasteiger partial charge >= 0.3 is 0 Å². The Morgan fingerprint density at radius 1 is 1.00 bits per heavy atom. The molecule has 1 saturated carbocycles. The smallest absolute Gasteiger partial charge is 0.0473 e. The van der Waals surface area contributed by atoms with Crippen LogP contribution in [0.3, 0.4) is 0 Å². The van der Waals surface area contributed by atoms with Crippen molar-refractivity contribution < 1.29 is 0 Å². The molecule has 0 radical (unpaired) electrons. The number of rotatable bonds is 0. The molecule has 1 rings (SSSR count). The van der Waals surface area contributed by atoms with Gasteiger partial charge in [0.2, 0.25) is 0 Å². The average Bonchev–Trinajstić information content (AvgIpc) is 2.94. The fourth-order valence-corrected chi connectivity index (χ4v) is 0. The lowest BCUT2D eigenvalue weighted by Gasteiger charge is -1.79. The summed E-state index contributed by atoms with van der Waals surface area (Å²) < 4.78 is 0. The second-order valence-corrected chi connectivity index (χ2v) is 3.91. The van der Waals surface area contributed by atoms with E-state index in [2.05, 4.69) is 54.4 Å². The summed E-state index contributed by atoms with van der Waals surface area (Å²) in [6.07, 6.45) is 7.50. The van der Waals surface area contributed by atoms with Gasteiger partial charge in [-0.3, -0.25) is 0 Å². The summed E-state index contributed by atoms with van der Waals surface area (Å²) in [5, 5.41) is 0. The summed E-state index contributed by atoms with van der Waals surface area (Å²) in [6, 6.07) is 0. The van der Waals surface area contributed by atoms with Gasteiger partial charge in [0.15, 0.2) is 0 Å². The Balaban J connectivity index is -0.0000000513. The molecule has 0 aromatic carbocycles. The van der Waals surface area contributed by atoms with E-state index in [-0.39, 0.29) is 0 Å². The van der Waals surface area contributed by atoms with Crippen LogP contribution in [0.15, 0.2) is 25.8 Å². The molecule has 0 atom stereocenters. The van der Waals surface area contributed by atoms with Crippen molar-refractivity contribution in [1.29, 1.82) is 0 Å². The van der Waals surface area contributed by atoms with Gasteiger partial charge in [-0.05, 0) is 12.8 Å². The molecule has 0 nitrogen and oxygen atoms in total. The molecule has 1 fully saturated rings. The molecule has 0 bridgehead atoms. The summed E-state index contributed by atoms with van der Waals surface area (Å²) in [7, 11) is 0. The Morgan fingerprint density at radius 2 is 1.07 bits per heavy atom. The first-order valence-electron chi connectivity index (χ1n) is 6.13. The second kappa shape index (κ2) is 37.5. The van der Waals surface area contributed by atoms with Gasteiger partial charge in [-0.15, -0.1) is 19.7 Å². The first-order chi connectivity index (χ1) is 7.06. The number of hydrogen-bond acceptors (Lipinski definition) is 0. The SMILES string of the molecule is C1CC1.C=C.C=CC.CC(C)C.CCC. The number of allylic oxidation sites excluding steroid dienone is 1. The van der Waals surface area contributed by atoms with Gasteiger partial charge in [0, 0.05) is 0 Å². The van der Waals surface area contributed by atoms with E-state index in [1.807, 2.05) is 6.92 Å². The van der Waals surface area contributed by atoms with Crippen molar-refractivity contribution in [2.24, 2.45) is 5.92 Å². The van der Waals surface area contributed by atoms with Crippen molar-refractivity contribution in [1.82, 2.24) is 0 Å². The lowest BCUT2D eigenvalue weighted by molar-refractivity contribution is 0.737. The average molecular weight is 214 g/mol. The predicted molar refractivity (Wildman–Crippen MR) is 77.5 cm³/mol. The van der Waals surface area contributed by atoms with E-state index in [1.54, 1.807) is 6.08 Å². The summed E-state index contributed by atoms with van der Waals surface area (Å²) in [6.45, 7) is 22.0. The van der Waals surface area contributed by atoms with Crippen LogP contribution in [0.5, 0.6) is 0 Å². The van der Waals surface area contributed by atoms with Crippen LogP contribution in [0.4, 0.5) is 0 Å². The van der Waals surface area contributed by atoms with Crippen LogP contribution in [0.1, 0.15) is 67.2 Å². The molecule has 0 N–H and O–H groups in total.